The first-order valence-corrected chi connectivity index (χ1v) is 13.1. The molecule has 10 heteroatoms. The van der Waals surface area contributed by atoms with Crippen LogP contribution in [0, 0.1) is 13.8 Å². The maximum absolute atomic E-state index is 13.5. The summed E-state index contributed by atoms with van der Waals surface area (Å²) >= 11 is 6.27. The molecule has 0 aliphatic carbocycles. The number of hydrogen-bond donors (Lipinski definition) is 1. The van der Waals surface area contributed by atoms with Crippen molar-refractivity contribution in [1.29, 1.82) is 0 Å². The molecule has 0 fully saturated rings. The van der Waals surface area contributed by atoms with Gasteiger partial charge >= 0.3 is 0 Å². The fraction of sp³-hybridized carbons (Fsp3) is 0.231. The summed E-state index contributed by atoms with van der Waals surface area (Å²) in [5.74, 6) is 0.640. The smallest absolute Gasteiger partial charge is 0.264 e. The highest BCUT2D eigenvalue weighted by Crippen LogP contribution is 2.31. The van der Waals surface area contributed by atoms with Gasteiger partial charge in [-0.25, -0.2) is 13.8 Å². The van der Waals surface area contributed by atoms with Gasteiger partial charge in [-0.1, -0.05) is 35.4 Å². The van der Waals surface area contributed by atoms with Gasteiger partial charge in [0, 0.05) is 10.6 Å². The molecule has 1 amide bonds. The molecule has 1 N–H and O–H groups in total. The summed E-state index contributed by atoms with van der Waals surface area (Å²) < 4.78 is 39.2. The zero-order chi connectivity index (χ0) is 25.9. The second kappa shape index (κ2) is 10.6. The predicted molar refractivity (Wildman–Crippen MR) is 140 cm³/mol. The molecule has 188 valence electrons. The predicted octanol–water partition coefficient (Wildman–Crippen LogP) is 4.46. The molecule has 3 aromatic rings. The zero-order valence-electron chi connectivity index (χ0n) is 20.1. The number of rotatable bonds is 7. The molecule has 36 heavy (non-hydrogen) atoms. The van der Waals surface area contributed by atoms with E-state index in [1.54, 1.807) is 49.4 Å². The number of hydrogen-bond acceptors (Lipinski definition) is 6. The first kappa shape index (κ1) is 25.5. The number of nitrogens with one attached hydrogen (secondary N) is 1. The van der Waals surface area contributed by atoms with E-state index < -0.39 is 22.5 Å². The second-order valence-electron chi connectivity index (χ2n) is 8.35. The lowest BCUT2D eigenvalue weighted by Gasteiger charge is -2.24. The van der Waals surface area contributed by atoms with Crippen molar-refractivity contribution in [2.45, 2.75) is 25.7 Å². The number of carbonyl (C=O) groups excluding carboxylic acids is 1. The lowest BCUT2D eigenvalue weighted by Crippen LogP contribution is -2.39. The lowest BCUT2D eigenvalue weighted by atomic mass is 10.1. The Morgan fingerprint density at radius 3 is 2.39 bits per heavy atom. The maximum atomic E-state index is 13.5. The number of fused-ring (bicyclic) bond motifs is 1. The first-order chi connectivity index (χ1) is 17.1. The minimum Gasteiger partial charge on any atom is -0.486 e. The average molecular weight is 528 g/mol. The normalized spacial score (nSPS) is 13.3. The van der Waals surface area contributed by atoms with E-state index in [1.807, 2.05) is 13.8 Å². The number of aryl methyl sites for hydroxylation is 2. The number of ether oxygens (including phenoxy) is 2. The third-order valence-corrected chi connectivity index (χ3v) is 7.84. The number of sulfonamides is 1. The van der Waals surface area contributed by atoms with E-state index >= 15 is 0 Å². The Kier molecular flexibility index (Phi) is 7.51. The fourth-order valence-electron chi connectivity index (χ4n) is 3.53. The van der Waals surface area contributed by atoms with Crippen molar-refractivity contribution in [1.82, 2.24) is 5.43 Å². The van der Waals surface area contributed by atoms with Gasteiger partial charge < -0.3 is 9.47 Å². The Hall–Kier alpha value is -3.56. The molecule has 1 aliphatic heterocycles. The summed E-state index contributed by atoms with van der Waals surface area (Å²) in [6.07, 6.45) is 0. The minimum absolute atomic E-state index is 0.0635. The van der Waals surface area contributed by atoms with Crippen molar-refractivity contribution >= 4 is 38.9 Å². The van der Waals surface area contributed by atoms with Crippen molar-refractivity contribution in [3.63, 3.8) is 0 Å². The van der Waals surface area contributed by atoms with Gasteiger partial charge in [-0.05, 0) is 68.8 Å². The van der Waals surface area contributed by atoms with Gasteiger partial charge in [-0.15, -0.1) is 0 Å². The molecule has 0 saturated carbocycles. The monoisotopic (exact) mass is 527 g/mol. The van der Waals surface area contributed by atoms with E-state index in [1.165, 1.54) is 18.2 Å². The number of nitrogens with zero attached hydrogens (tertiary/aromatic N) is 2. The van der Waals surface area contributed by atoms with Crippen LogP contribution in [0.15, 0.2) is 70.7 Å². The third-order valence-electron chi connectivity index (χ3n) is 5.65. The Morgan fingerprint density at radius 1 is 1.00 bits per heavy atom. The molecule has 1 heterocycles. The Labute approximate surface area is 215 Å². The number of anilines is 1. The minimum atomic E-state index is -4.06. The van der Waals surface area contributed by atoms with Crippen LogP contribution in [0.3, 0.4) is 0 Å². The van der Waals surface area contributed by atoms with Crippen LogP contribution in [-0.4, -0.2) is 39.8 Å². The van der Waals surface area contributed by atoms with Gasteiger partial charge in [-0.2, -0.15) is 5.10 Å². The van der Waals surface area contributed by atoms with Gasteiger partial charge in [0.25, 0.3) is 15.9 Å². The molecular weight excluding hydrogens is 502 g/mol. The van der Waals surface area contributed by atoms with Crippen LogP contribution in [0.4, 0.5) is 5.69 Å². The van der Waals surface area contributed by atoms with Gasteiger partial charge in [0.05, 0.1) is 16.3 Å². The van der Waals surface area contributed by atoms with Crippen molar-refractivity contribution in [3.8, 4) is 11.5 Å². The summed E-state index contributed by atoms with van der Waals surface area (Å²) in [6, 6.07) is 16.6. The molecule has 4 rings (SSSR count). The molecule has 0 unspecified atom stereocenters. The molecule has 0 aromatic heterocycles. The van der Waals surface area contributed by atoms with E-state index in [2.05, 4.69) is 10.5 Å². The number of hydrazone groups is 1. The van der Waals surface area contributed by atoms with Gasteiger partial charge in [0.1, 0.15) is 19.8 Å². The largest absolute Gasteiger partial charge is 0.486 e. The van der Waals surface area contributed by atoms with Gasteiger partial charge in [0.2, 0.25) is 0 Å². The second-order valence-corrected chi connectivity index (χ2v) is 10.6. The maximum Gasteiger partial charge on any atom is 0.264 e. The van der Waals surface area contributed by atoms with Gasteiger partial charge in [-0.3, -0.25) is 9.10 Å². The van der Waals surface area contributed by atoms with E-state index in [0.29, 0.717) is 35.4 Å². The van der Waals surface area contributed by atoms with Gasteiger partial charge in [0.15, 0.2) is 11.5 Å². The topological polar surface area (TPSA) is 97.3 Å². The number of halogens is 1. The number of carbonyl (C=O) groups is 1. The average Bonchev–Trinajstić information content (AvgIpc) is 2.87. The Bertz CT molecular complexity index is 1420. The Morgan fingerprint density at radius 2 is 1.69 bits per heavy atom. The highest BCUT2D eigenvalue weighted by molar-refractivity contribution is 7.92. The van der Waals surface area contributed by atoms with Crippen LogP contribution in [0.25, 0.3) is 0 Å². The van der Waals surface area contributed by atoms with Crippen LogP contribution in [0.5, 0.6) is 11.5 Å². The molecular formula is C26H26ClN3O5S. The number of amides is 1. The lowest BCUT2D eigenvalue weighted by molar-refractivity contribution is -0.119. The quantitative estimate of drug-likeness (QED) is 0.361. The molecule has 0 radical (unpaired) electrons. The molecule has 1 aliphatic rings. The number of benzene rings is 3. The van der Waals surface area contributed by atoms with E-state index in [4.69, 9.17) is 21.1 Å². The molecule has 0 saturated heterocycles. The van der Waals surface area contributed by atoms with Crippen LogP contribution in [-0.2, 0) is 14.8 Å². The van der Waals surface area contributed by atoms with Crippen LogP contribution < -0.4 is 19.2 Å². The summed E-state index contributed by atoms with van der Waals surface area (Å²) in [7, 11) is -4.06. The fourth-order valence-corrected chi connectivity index (χ4v) is 5.12. The molecule has 0 atom stereocenters. The highest BCUT2D eigenvalue weighted by Gasteiger charge is 2.27. The molecule has 0 bridgehead atoms. The van der Waals surface area contributed by atoms with Crippen molar-refractivity contribution in [2.75, 3.05) is 24.1 Å². The van der Waals surface area contributed by atoms with Crippen LogP contribution >= 0.6 is 11.6 Å². The third kappa shape index (κ3) is 5.63. The standard InChI is InChI=1S/C26H26ClN3O5S/c1-17-4-9-22(10-5-17)36(32,33)30(21-8-6-18(2)23(27)15-21)16-26(31)29-28-19(3)20-7-11-24-25(14-20)35-13-12-34-24/h4-11,14-15H,12-13,16H2,1-3H3,(H,29,31)/b28-19-. The summed E-state index contributed by atoms with van der Waals surface area (Å²) in [4.78, 5) is 12.9. The molecule has 3 aromatic carbocycles. The highest BCUT2D eigenvalue weighted by atomic mass is 35.5. The van der Waals surface area contributed by atoms with Crippen LogP contribution in [0.1, 0.15) is 23.6 Å². The first-order valence-electron chi connectivity index (χ1n) is 11.2. The van der Waals surface area contributed by atoms with E-state index in [0.717, 1.165) is 21.0 Å². The van der Waals surface area contributed by atoms with Crippen molar-refractivity contribution < 1.29 is 22.7 Å². The molecule has 0 spiro atoms. The zero-order valence-corrected chi connectivity index (χ0v) is 21.7. The van der Waals surface area contributed by atoms with Crippen molar-refractivity contribution in [2.24, 2.45) is 5.10 Å². The van der Waals surface area contributed by atoms with Crippen molar-refractivity contribution in [3.05, 3.63) is 82.4 Å². The van der Waals surface area contributed by atoms with E-state index in [9.17, 15) is 13.2 Å². The Balaban J connectivity index is 1.58. The van der Waals surface area contributed by atoms with Crippen LogP contribution in [0.2, 0.25) is 5.02 Å². The summed E-state index contributed by atoms with van der Waals surface area (Å²) in [5, 5.41) is 4.55. The summed E-state index contributed by atoms with van der Waals surface area (Å²) in [5.41, 5.74) is 5.69. The molecule has 8 nitrogen and oxygen atoms in total. The summed E-state index contributed by atoms with van der Waals surface area (Å²) in [6.45, 7) is 5.86. The SMILES string of the molecule is C/C(=N/NC(=O)CN(c1ccc(C)c(Cl)c1)S(=O)(=O)c1ccc(C)cc1)c1ccc2c(c1)OCCO2. The van der Waals surface area contributed by atoms with E-state index in [-0.39, 0.29) is 10.6 Å².